The van der Waals surface area contributed by atoms with Gasteiger partial charge in [-0.3, -0.25) is 10.4 Å². The first kappa shape index (κ1) is 20.6. The van der Waals surface area contributed by atoms with Crippen molar-refractivity contribution in [2.24, 2.45) is 0 Å². The first-order valence-corrected chi connectivity index (χ1v) is 10.1. The summed E-state index contributed by atoms with van der Waals surface area (Å²) in [6, 6.07) is 8.12. The van der Waals surface area contributed by atoms with E-state index in [2.05, 4.69) is 21.5 Å². The molecule has 0 atom stereocenters. The summed E-state index contributed by atoms with van der Waals surface area (Å²) in [4.78, 5) is 4.46. The molecule has 0 aliphatic carbocycles. The van der Waals surface area contributed by atoms with E-state index in [0.29, 0.717) is 5.56 Å². The highest BCUT2D eigenvalue weighted by molar-refractivity contribution is 7.89. The predicted molar refractivity (Wildman–Crippen MR) is 109 cm³/mol. The molecule has 0 spiro atoms. The number of pyridine rings is 1. The van der Waals surface area contributed by atoms with Crippen LogP contribution in [0.1, 0.15) is 42.7 Å². The molecule has 0 fully saturated rings. The largest absolute Gasteiger partial charge is 0.297 e. The summed E-state index contributed by atoms with van der Waals surface area (Å²) in [5.41, 5.74) is 3.60. The summed E-state index contributed by atoms with van der Waals surface area (Å²) >= 11 is 0. The van der Waals surface area contributed by atoms with Crippen LogP contribution >= 0.6 is 0 Å². The Morgan fingerprint density at radius 3 is 2.59 bits per heavy atom. The number of nitrogens with zero attached hydrogens (tertiary/aromatic N) is 1. The summed E-state index contributed by atoms with van der Waals surface area (Å²) in [6.45, 7) is 5.73. The molecule has 27 heavy (non-hydrogen) atoms. The van der Waals surface area contributed by atoms with Crippen LogP contribution in [0.2, 0.25) is 0 Å². The maximum atomic E-state index is 12.6. The topological polar surface area (TPSA) is 82.9 Å². The van der Waals surface area contributed by atoms with E-state index in [9.17, 15) is 8.42 Å². The molecule has 140 valence electrons. The van der Waals surface area contributed by atoms with Crippen molar-refractivity contribution in [2.75, 3.05) is 0 Å². The standard InChI is InChI=1S/C21H23N3O2S/c1-4-5-6-21-17(3)23-14-13-19(21)15-24-27(25,26)20-11-9-18(10-12-20)8-7-16(2)22/h5-6,9-14,22,24H,4,15H2,1-3H3/b6-5-,22-16?. The molecule has 5 nitrogen and oxygen atoms in total. The second kappa shape index (κ2) is 9.26. The number of rotatable bonds is 6. The van der Waals surface area contributed by atoms with Crippen LogP contribution in [-0.2, 0) is 16.6 Å². The number of hydrogen-bond acceptors (Lipinski definition) is 4. The van der Waals surface area contributed by atoms with Crippen molar-refractivity contribution in [3.63, 3.8) is 0 Å². The van der Waals surface area contributed by atoms with Crippen molar-refractivity contribution in [3.8, 4) is 11.8 Å². The Balaban J connectivity index is 2.18. The van der Waals surface area contributed by atoms with Crippen LogP contribution in [0, 0.1) is 24.2 Å². The summed E-state index contributed by atoms with van der Waals surface area (Å²) in [5.74, 6) is 5.46. The van der Waals surface area contributed by atoms with Gasteiger partial charge in [-0.25, -0.2) is 13.1 Å². The average Bonchev–Trinajstić information content (AvgIpc) is 2.64. The molecule has 1 aromatic carbocycles. The van der Waals surface area contributed by atoms with Crippen molar-refractivity contribution in [1.82, 2.24) is 9.71 Å². The van der Waals surface area contributed by atoms with Gasteiger partial charge >= 0.3 is 0 Å². The zero-order valence-electron chi connectivity index (χ0n) is 15.7. The highest BCUT2D eigenvalue weighted by atomic mass is 32.2. The van der Waals surface area contributed by atoms with Gasteiger partial charge in [0.15, 0.2) is 0 Å². The fourth-order valence-corrected chi connectivity index (χ4v) is 3.39. The van der Waals surface area contributed by atoms with Crippen molar-refractivity contribution in [1.29, 1.82) is 5.41 Å². The van der Waals surface area contributed by atoms with Gasteiger partial charge in [0, 0.05) is 24.0 Å². The molecule has 0 unspecified atom stereocenters. The molecule has 2 aromatic rings. The van der Waals surface area contributed by atoms with Crippen molar-refractivity contribution >= 4 is 21.8 Å². The predicted octanol–water partition coefficient (Wildman–Crippen LogP) is 3.68. The Bertz CT molecular complexity index is 1010. The first-order chi connectivity index (χ1) is 12.8. The van der Waals surface area contributed by atoms with Gasteiger partial charge in [-0.2, -0.15) is 0 Å². The minimum absolute atomic E-state index is 0.177. The molecule has 0 aliphatic rings. The smallest absolute Gasteiger partial charge is 0.240 e. The molecule has 2 rings (SSSR count). The van der Waals surface area contributed by atoms with Gasteiger partial charge in [0.25, 0.3) is 0 Å². The first-order valence-electron chi connectivity index (χ1n) is 8.61. The Kier molecular flexibility index (Phi) is 7.05. The van der Waals surface area contributed by atoms with Crippen molar-refractivity contribution in [3.05, 3.63) is 65.0 Å². The number of aromatic nitrogens is 1. The maximum absolute atomic E-state index is 12.6. The van der Waals surface area contributed by atoms with Crippen LogP contribution in [0.15, 0.2) is 47.5 Å². The van der Waals surface area contributed by atoms with Crippen LogP contribution in [0.25, 0.3) is 6.08 Å². The molecular formula is C21H23N3O2S. The maximum Gasteiger partial charge on any atom is 0.240 e. The zero-order valence-corrected chi connectivity index (χ0v) is 16.5. The summed E-state index contributed by atoms with van der Waals surface area (Å²) in [7, 11) is -3.64. The molecule has 2 N–H and O–H groups in total. The zero-order chi connectivity index (χ0) is 19.9. The van der Waals surface area contributed by atoms with Gasteiger partial charge in [0.05, 0.1) is 10.6 Å². The number of aryl methyl sites for hydroxylation is 1. The second-order valence-corrected chi connectivity index (χ2v) is 7.77. The Labute approximate surface area is 161 Å². The summed E-state index contributed by atoms with van der Waals surface area (Å²) in [6.07, 6.45) is 6.58. The number of benzene rings is 1. The SMILES string of the molecule is CC/C=C\c1c(CNS(=O)(=O)c2ccc(C#CC(C)=N)cc2)ccnc1C. The van der Waals surface area contributed by atoms with E-state index in [4.69, 9.17) is 5.41 Å². The second-order valence-electron chi connectivity index (χ2n) is 6.00. The summed E-state index contributed by atoms with van der Waals surface area (Å²) < 4.78 is 27.8. The van der Waals surface area contributed by atoms with Gasteiger partial charge in [-0.05, 0) is 67.6 Å². The van der Waals surface area contributed by atoms with E-state index in [-0.39, 0.29) is 17.2 Å². The van der Waals surface area contributed by atoms with E-state index in [0.717, 1.165) is 23.2 Å². The number of sulfonamides is 1. The van der Waals surface area contributed by atoms with Crippen molar-refractivity contribution in [2.45, 2.75) is 38.6 Å². The van der Waals surface area contributed by atoms with Gasteiger partial charge < -0.3 is 0 Å². The molecule has 1 heterocycles. The van der Waals surface area contributed by atoms with E-state index in [1.165, 1.54) is 12.1 Å². The lowest BCUT2D eigenvalue weighted by Crippen LogP contribution is -2.23. The highest BCUT2D eigenvalue weighted by Crippen LogP contribution is 2.16. The van der Waals surface area contributed by atoms with E-state index in [1.54, 1.807) is 25.3 Å². The Hall–Kier alpha value is -2.75. The van der Waals surface area contributed by atoms with Crippen LogP contribution < -0.4 is 4.72 Å². The quantitative estimate of drug-likeness (QED) is 0.591. The van der Waals surface area contributed by atoms with Crippen LogP contribution in [0.5, 0.6) is 0 Å². The highest BCUT2D eigenvalue weighted by Gasteiger charge is 2.14. The number of allylic oxidation sites excluding steroid dienone is 1. The lowest BCUT2D eigenvalue weighted by molar-refractivity contribution is 0.581. The average molecular weight is 382 g/mol. The number of nitrogens with one attached hydrogen (secondary N) is 2. The third-order valence-electron chi connectivity index (χ3n) is 3.81. The molecule has 0 saturated carbocycles. The monoisotopic (exact) mass is 381 g/mol. The van der Waals surface area contributed by atoms with Gasteiger partial charge in [0.1, 0.15) is 0 Å². The van der Waals surface area contributed by atoms with Crippen molar-refractivity contribution < 1.29 is 8.42 Å². The van der Waals surface area contributed by atoms with Gasteiger partial charge in [-0.15, -0.1) is 0 Å². The molecule has 1 aromatic heterocycles. The van der Waals surface area contributed by atoms with Crippen LogP contribution in [0.3, 0.4) is 0 Å². The van der Waals surface area contributed by atoms with Gasteiger partial charge in [-0.1, -0.05) is 25.0 Å². The molecule has 0 aliphatic heterocycles. The minimum atomic E-state index is -3.64. The van der Waals surface area contributed by atoms with E-state index in [1.807, 2.05) is 32.1 Å². The third-order valence-corrected chi connectivity index (χ3v) is 5.23. The van der Waals surface area contributed by atoms with Crippen LogP contribution in [-0.4, -0.2) is 19.1 Å². The lowest BCUT2D eigenvalue weighted by atomic mass is 10.1. The third kappa shape index (κ3) is 5.88. The fourth-order valence-electron chi connectivity index (χ4n) is 2.39. The van der Waals surface area contributed by atoms with Gasteiger partial charge in [0.2, 0.25) is 10.0 Å². The van der Waals surface area contributed by atoms with Crippen LogP contribution in [0.4, 0.5) is 0 Å². The molecule has 6 heteroatoms. The normalized spacial score (nSPS) is 11.2. The molecular weight excluding hydrogens is 358 g/mol. The fraction of sp³-hybridized carbons (Fsp3) is 0.238. The van der Waals surface area contributed by atoms with E-state index >= 15 is 0 Å². The lowest BCUT2D eigenvalue weighted by Gasteiger charge is -2.11. The molecule has 0 bridgehead atoms. The summed E-state index contributed by atoms with van der Waals surface area (Å²) in [5, 5.41) is 7.31. The minimum Gasteiger partial charge on any atom is -0.297 e. The number of hydrogen-bond donors (Lipinski definition) is 2. The molecule has 0 amide bonds. The Morgan fingerprint density at radius 2 is 1.96 bits per heavy atom. The molecule has 0 radical (unpaired) electrons. The van der Waals surface area contributed by atoms with E-state index < -0.39 is 10.0 Å². The molecule has 0 saturated heterocycles. The Morgan fingerprint density at radius 1 is 1.26 bits per heavy atom.